The van der Waals surface area contributed by atoms with Gasteiger partial charge in [-0.05, 0) is 36.8 Å². The number of esters is 1. The molecular formula is C19H19NO4. The summed E-state index contributed by atoms with van der Waals surface area (Å²) in [4.78, 5) is 16.8. The molecule has 2 aromatic rings. The van der Waals surface area contributed by atoms with Crippen LogP contribution in [0.3, 0.4) is 0 Å². The molecule has 124 valence electrons. The number of nitrogens with zero attached hydrogens (tertiary/aromatic N) is 1. The van der Waals surface area contributed by atoms with Crippen LogP contribution >= 0.6 is 0 Å². The second-order valence-electron chi connectivity index (χ2n) is 5.31. The molecule has 0 saturated heterocycles. The van der Waals surface area contributed by atoms with Crippen LogP contribution in [0.5, 0.6) is 5.75 Å². The van der Waals surface area contributed by atoms with Crippen molar-refractivity contribution in [1.29, 1.82) is 0 Å². The number of carbonyl (C=O) groups is 1. The van der Waals surface area contributed by atoms with E-state index in [-0.39, 0.29) is 5.97 Å². The van der Waals surface area contributed by atoms with Crippen LogP contribution in [0.4, 0.5) is 0 Å². The Morgan fingerprint density at radius 3 is 2.46 bits per heavy atom. The standard InChI is InChI=1S/C19H19NO4/c1-3-23-19(21)16-17(13-9-11-15(22-2)12-10-13)24-18(20-16)14-7-5-4-6-8-14/h4-12,16-17H,3H2,1-2H3. The fourth-order valence-corrected chi connectivity index (χ4v) is 2.58. The van der Waals surface area contributed by atoms with Gasteiger partial charge in [0.15, 0.2) is 12.1 Å². The molecule has 0 bridgehead atoms. The Balaban J connectivity index is 1.91. The number of benzene rings is 2. The third-order valence-corrected chi connectivity index (χ3v) is 3.77. The highest BCUT2D eigenvalue weighted by atomic mass is 16.5. The minimum Gasteiger partial charge on any atom is -0.497 e. The maximum absolute atomic E-state index is 12.3. The van der Waals surface area contributed by atoms with Crippen LogP contribution in [-0.4, -0.2) is 31.6 Å². The van der Waals surface area contributed by atoms with Gasteiger partial charge >= 0.3 is 5.97 Å². The number of carbonyl (C=O) groups excluding carboxylic acids is 1. The van der Waals surface area contributed by atoms with Crippen LogP contribution in [0.2, 0.25) is 0 Å². The average Bonchev–Trinajstić information content (AvgIpc) is 3.08. The lowest BCUT2D eigenvalue weighted by molar-refractivity contribution is -0.146. The van der Waals surface area contributed by atoms with Crippen LogP contribution in [0.15, 0.2) is 59.6 Å². The predicted molar refractivity (Wildman–Crippen MR) is 90.2 cm³/mol. The molecule has 2 atom stereocenters. The molecule has 1 heterocycles. The molecule has 0 radical (unpaired) electrons. The zero-order chi connectivity index (χ0) is 16.9. The molecule has 0 saturated carbocycles. The summed E-state index contributed by atoms with van der Waals surface area (Å²) in [5.41, 5.74) is 1.69. The Labute approximate surface area is 140 Å². The first kappa shape index (κ1) is 16.1. The van der Waals surface area contributed by atoms with E-state index in [4.69, 9.17) is 14.2 Å². The zero-order valence-corrected chi connectivity index (χ0v) is 13.6. The first-order valence-corrected chi connectivity index (χ1v) is 7.83. The Bertz CT molecular complexity index is 725. The molecule has 5 heteroatoms. The summed E-state index contributed by atoms with van der Waals surface area (Å²) >= 11 is 0. The van der Waals surface area contributed by atoms with Crippen LogP contribution < -0.4 is 4.74 Å². The van der Waals surface area contributed by atoms with E-state index < -0.39 is 12.1 Å². The van der Waals surface area contributed by atoms with Gasteiger partial charge < -0.3 is 14.2 Å². The van der Waals surface area contributed by atoms with Crippen molar-refractivity contribution >= 4 is 11.9 Å². The van der Waals surface area contributed by atoms with Gasteiger partial charge in [0.25, 0.3) is 0 Å². The Kier molecular flexibility index (Phi) is 4.79. The van der Waals surface area contributed by atoms with Gasteiger partial charge in [-0.3, -0.25) is 0 Å². The third-order valence-electron chi connectivity index (χ3n) is 3.77. The number of aliphatic imine (C=N–C) groups is 1. The molecule has 2 unspecified atom stereocenters. The summed E-state index contributed by atoms with van der Waals surface area (Å²) in [6, 6.07) is 16.2. The van der Waals surface area contributed by atoms with Crippen molar-refractivity contribution < 1.29 is 19.0 Å². The Morgan fingerprint density at radius 1 is 1.12 bits per heavy atom. The van der Waals surface area contributed by atoms with E-state index in [0.717, 1.165) is 16.9 Å². The summed E-state index contributed by atoms with van der Waals surface area (Å²) in [6.07, 6.45) is -0.509. The van der Waals surface area contributed by atoms with Crippen molar-refractivity contribution in [2.24, 2.45) is 4.99 Å². The van der Waals surface area contributed by atoms with Crippen molar-refractivity contribution in [2.45, 2.75) is 19.1 Å². The highest BCUT2D eigenvalue weighted by Gasteiger charge is 2.39. The number of ether oxygens (including phenoxy) is 3. The fraction of sp³-hybridized carbons (Fsp3) is 0.263. The number of rotatable bonds is 5. The normalized spacial score (nSPS) is 19.3. The Morgan fingerprint density at radius 2 is 1.83 bits per heavy atom. The monoisotopic (exact) mass is 325 g/mol. The van der Waals surface area contributed by atoms with Crippen LogP contribution in [0, 0.1) is 0 Å². The van der Waals surface area contributed by atoms with Gasteiger partial charge in [-0.1, -0.05) is 30.3 Å². The van der Waals surface area contributed by atoms with Gasteiger partial charge in [0.1, 0.15) is 5.75 Å². The molecule has 2 aromatic carbocycles. The number of methoxy groups -OCH3 is 1. The van der Waals surface area contributed by atoms with E-state index in [2.05, 4.69) is 4.99 Å². The van der Waals surface area contributed by atoms with E-state index >= 15 is 0 Å². The van der Waals surface area contributed by atoms with Crippen LogP contribution in [-0.2, 0) is 14.3 Å². The average molecular weight is 325 g/mol. The molecule has 1 aliphatic heterocycles. The lowest BCUT2D eigenvalue weighted by Crippen LogP contribution is -2.26. The quantitative estimate of drug-likeness (QED) is 0.793. The van der Waals surface area contributed by atoms with Crippen LogP contribution in [0.1, 0.15) is 24.2 Å². The molecule has 0 aromatic heterocycles. The summed E-state index contributed by atoms with van der Waals surface area (Å²) in [5.74, 6) is 0.812. The van der Waals surface area contributed by atoms with Gasteiger partial charge in [-0.25, -0.2) is 9.79 Å². The van der Waals surface area contributed by atoms with Crippen LogP contribution in [0.25, 0.3) is 0 Å². The first-order valence-electron chi connectivity index (χ1n) is 7.83. The van der Waals surface area contributed by atoms with Crippen molar-refractivity contribution in [2.75, 3.05) is 13.7 Å². The topological polar surface area (TPSA) is 57.1 Å². The van der Waals surface area contributed by atoms with Crippen molar-refractivity contribution in [3.05, 3.63) is 65.7 Å². The summed E-state index contributed by atoms with van der Waals surface area (Å²) in [5, 5.41) is 0. The molecule has 0 fully saturated rings. The van der Waals surface area contributed by atoms with Crippen molar-refractivity contribution in [3.63, 3.8) is 0 Å². The molecule has 0 amide bonds. The smallest absolute Gasteiger partial charge is 0.335 e. The number of hydrogen-bond acceptors (Lipinski definition) is 5. The largest absolute Gasteiger partial charge is 0.497 e. The molecule has 0 aliphatic carbocycles. The minimum atomic E-state index is -0.714. The maximum atomic E-state index is 12.3. The SMILES string of the molecule is CCOC(=O)C1N=C(c2ccccc2)OC1c1ccc(OC)cc1. The van der Waals surface area contributed by atoms with E-state index in [1.54, 1.807) is 14.0 Å². The lowest BCUT2D eigenvalue weighted by Gasteiger charge is -2.17. The second kappa shape index (κ2) is 7.17. The van der Waals surface area contributed by atoms with E-state index in [1.807, 2.05) is 54.6 Å². The lowest BCUT2D eigenvalue weighted by atomic mass is 10.0. The number of hydrogen-bond donors (Lipinski definition) is 0. The molecule has 0 spiro atoms. The highest BCUT2D eigenvalue weighted by Crippen LogP contribution is 2.32. The molecule has 3 rings (SSSR count). The van der Waals surface area contributed by atoms with Gasteiger partial charge in [0, 0.05) is 5.56 Å². The highest BCUT2D eigenvalue weighted by molar-refractivity contribution is 5.98. The maximum Gasteiger partial charge on any atom is 0.335 e. The zero-order valence-electron chi connectivity index (χ0n) is 13.6. The summed E-state index contributed by atoms with van der Waals surface area (Å²) in [7, 11) is 1.61. The van der Waals surface area contributed by atoms with Gasteiger partial charge in [-0.15, -0.1) is 0 Å². The summed E-state index contributed by atoms with van der Waals surface area (Å²) < 4.78 is 16.3. The third kappa shape index (κ3) is 3.25. The van der Waals surface area contributed by atoms with Gasteiger partial charge in [0.2, 0.25) is 5.90 Å². The summed E-state index contributed by atoms with van der Waals surface area (Å²) in [6.45, 7) is 2.08. The van der Waals surface area contributed by atoms with Crippen molar-refractivity contribution in [3.8, 4) is 5.75 Å². The fourth-order valence-electron chi connectivity index (χ4n) is 2.58. The molecule has 0 N–H and O–H groups in total. The van der Waals surface area contributed by atoms with Crippen molar-refractivity contribution in [1.82, 2.24) is 0 Å². The first-order chi connectivity index (χ1) is 11.7. The van der Waals surface area contributed by atoms with Gasteiger partial charge in [-0.2, -0.15) is 0 Å². The second-order valence-corrected chi connectivity index (χ2v) is 5.31. The molecule has 24 heavy (non-hydrogen) atoms. The van der Waals surface area contributed by atoms with E-state index in [9.17, 15) is 4.79 Å². The minimum absolute atomic E-state index is 0.306. The predicted octanol–water partition coefficient (Wildman–Crippen LogP) is 3.15. The Hall–Kier alpha value is -2.82. The molecule has 1 aliphatic rings. The van der Waals surface area contributed by atoms with E-state index in [0.29, 0.717) is 12.5 Å². The van der Waals surface area contributed by atoms with E-state index in [1.165, 1.54) is 0 Å². The van der Waals surface area contributed by atoms with Gasteiger partial charge in [0.05, 0.1) is 13.7 Å². The molecule has 5 nitrogen and oxygen atoms in total. The molecular weight excluding hydrogens is 306 g/mol.